The Morgan fingerprint density at radius 1 is 1.08 bits per heavy atom. The van der Waals surface area contributed by atoms with Gasteiger partial charge in [0.1, 0.15) is 4.88 Å². The van der Waals surface area contributed by atoms with E-state index in [9.17, 15) is 4.79 Å². The Morgan fingerprint density at radius 3 is 2.50 bits per heavy atom. The summed E-state index contributed by atoms with van der Waals surface area (Å²) in [6, 6.07) is 18.1. The fraction of sp³-hybridized carbons (Fsp3) is 0.250. The third kappa shape index (κ3) is 3.19. The molecule has 0 N–H and O–H groups in total. The van der Waals surface area contributed by atoms with Gasteiger partial charge in [-0.25, -0.2) is 0 Å². The van der Waals surface area contributed by atoms with Gasteiger partial charge in [-0.1, -0.05) is 60.1 Å². The van der Waals surface area contributed by atoms with Crippen LogP contribution in [0.15, 0.2) is 54.6 Å². The molecule has 0 unspecified atom stereocenters. The van der Waals surface area contributed by atoms with E-state index in [0.29, 0.717) is 22.4 Å². The molecule has 2 aromatic carbocycles. The summed E-state index contributed by atoms with van der Waals surface area (Å²) < 4.78 is 1.07. The summed E-state index contributed by atoms with van der Waals surface area (Å²) in [6.45, 7) is 1.46. The van der Waals surface area contributed by atoms with Gasteiger partial charge in [0.15, 0.2) is 0 Å². The average Bonchev–Trinajstić information content (AvgIpc) is 3.37. The highest BCUT2D eigenvalue weighted by molar-refractivity contribution is 7.21. The molecule has 0 spiro atoms. The quantitative estimate of drug-likeness (QED) is 0.582. The minimum atomic E-state index is 0.0527. The van der Waals surface area contributed by atoms with Crippen molar-refractivity contribution in [1.29, 1.82) is 0 Å². The molecule has 122 valence electrons. The number of nitrogens with zero attached hydrogens (tertiary/aromatic N) is 1. The fourth-order valence-electron chi connectivity index (χ4n) is 2.93. The molecule has 0 saturated heterocycles. The molecule has 1 heterocycles. The third-order valence-electron chi connectivity index (χ3n) is 4.41. The summed E-state index contributed by atoms with van der Waals surface area (Å²) in [5.74, 6) is 0.697. The van der Waals surface area contributed by atoms with Crippen LogP contribution in [0.4, 0.5) is 0 Å². The number of carbonyl (C=O) groups is 1. The topological polar surface area (TPSA) is 20.3 Å². The number of carbonyl (C=O) groups excluding carboxylic acids is 1. The molecular weight excluding hydrogens is 338 g/mol. The van der Waals surface area contributed by atoms with Crippen molar-refractivity contribution in [3.05, 3.63) is 70.1 Å². The molecule has 2 nitrogen and oxygen atoms in total. The molecule has 4 heteroatoms. The van der Waals surface area contributed by atoms with Crippen molar-refractivity contribution < 1.29 is 4.79 Å². The number of halogens is 1. The predicted octanol–water partition coefficient (Wildman–Crippen LogP) is 5.61. The van der Waals surface area contributed by atoms with Crippen LogP contribution in [0.1, 0.15) is 28.1 Å². The molecule has 0 atom stereocenters. The van der Waals surface area contributed by atoms with Gasteiger partial charge in [0.25, 0.3) is 5.91 Å². The Bertz CT molecular complexity index is 870. The van der Waals surface area contributed by atoms with Gasteiger partial charge < -0.3 is 4.90 Å². The molecule has 3 aromatic rings. The number of hydrogen-bond donors (Lipinski definition) is 0. The van der Waals surface area contributed by atoms with Crippen LogP contribution in [0.2, 0.25) is 5.02 Å². The monoisotopic (exact) mass is 355 g/mol. The lowest BCUT2D eigenvalue weighted by Crippen LogP contribution is -2.32. The van der Waals surface area contributed by atoms with Crippen molar-refractivity contribution in [3.63, 3.8) is 0 Å². The highest BCUT2D eigenvalue weighted by Crippen LogP contribution is 2.37. The van der Waals surface area contributed by atoms with Crippen LogP contribution in [0.5, 0.6) is 0 Å². The molecule has 0 aliphatic heterocycles. The Balaban J connectivity index is 1.65. The molecule has 24 heavy (non-hydrogen) atoms. The summed E-state index contributed by atoms with van der Waals surface area (Å²) in [5.41, 5.74) is 1.16. The highest BCUT2D eigenvalue weighted by atomic mass is 35.5. The van der Waals surface area contributed by atoms with Crippen LogP contribution in [-0.2, 0) is 6.54 Å². The first-order valence-electron chi connectivity index (χ1n) is 8.22. The zero-order valence-corrected chi connectivity index (χ0v) is 14.8. The number of benzene rings is 2. The third-order valence-corrected chi connectivity index (χ3v) is 6.07. The SMILES string of the molecule is O=C(c1sc2ccccc2c1Cl)N(Cc1ccccc1)CC1CC1. The maximum atomic E-state index is 13.2. The maximum Gasteiger partial charge on any atom is 0.265 e. The zero-order valence-electron chi connectivity index (χ0n) is 13.2. The Morgan fingerprint density at radius 2 is 1.79 bits per heavy atom. The summed E-state index contributed by atoms with van der Waals surface area (Å²) >= 11 is 8.01. The number of thiophene rings is 1. The van der Waals surface area contributed by atoms with E-state index in [-0.39, 0.29) is 5.91 Å². The van der Waals surface area contributed by atoms with Crippen molar-refractivity contribution in [2.75, 3.05) is 6.54 Å². The number of amides is 1. The first kappa shape index (κ1) is 15.7. The molecule has 1 saturated carbocycles. The van der Waals surface area contributed by atoms with Crippen molar-refractivity contribution in [1.82, 2.24) is 4.90 Å². The van der Waals surface area contributed by atoms with Crippen molar-refractivity contribution in [3.8, 4) is 0 Å². The molecule has 4 rings (SSSR count). The lowest BCUT2D eigenvalue weighted by atomic mass is 10.2. The minimum absolute atomic E-state index is 0.0527. The first-order valence-corrected chi connectivity index (χ1v) is 9.42. The first-order chi connectivity index (χ1) is 11.7. The van der Waals surface area contributed by atoms with Gasteiger partial charge in [0, 0.05) is 23.2 Å². The smallest absolute Gasteiger partial charge is 0.265 e. The van der Waals surface area contributed by atoms with E-state index in [1.807, 2.05) is 47.4 Å². The largest absolute Gasteiger partial charge is 0.333 e. The van der Waals surface area contributed by atoms with E-state index in [2.05, 4.69) is 12.1 Å². The van der Waals surface area contributed by atoms with Crippen LogP contribution in [0, 0.1) is 5.92 Å². The number of rotatable bonds is 5. The van der Waals surface area contributed by atoms with Crippen molar-refractivity contribution >= 4 is 38.9 Å². The molecule has 1 aliphatic rings. The lowest BCUT2D eigenvalue weighted by Gasteiger charge is -2.22. The van der Waals surface area contributed by atoms with Gasteiger partial charge in [-0.3, -0.25) is 4.79 Å². The van der Waals surface area contributed by atoms with Crippen LogP contribution in [0.3, 0.4) is 0 Å². The summed E-state index contributed by atoms with van der Waals surface area (Å²) in [6.07, 6.45) is 2.44. The zero-order chi connectivity index (χ0) is 16.5. The second kappa shape index (κ2) is 6.58. The van der Waals surface area contributed by atoms with Crippen molar-refractivity contribution in [2.24, 2.45) is 5.92 Å². The molecule has 0 radical (unpaired) electrons. The molecule has 1 fully saturated rings. The van der Waals surface area contributed by atoms with E-state index >= 15 is 0 Å². The van der Waals surface area contributed by atoms with Gasteiger partial charge in [0.05, 0.1) is 5.02 Å². The maximum absolute atomic E-state index is 13.2. The van der Waals surface area contributed by atoms with E-state index in [4.69, 9.17) is 11.6 Å². The predicted molar refractivity (Wildman–Crippen MR) is 101 cm³/mol. The van der Waals surface area contributed by atoms with Gasteiger partial charge in [0.2, 0.25) is 0 Å². The summed E-state index contributed by atoms with van der Waals surface area (Å²) in [7, 11) is 0. The van der Waals surface area contributed by atoms with E-state index in [0.717, 1.165) is 22.2 Å². The van der Waals surface area contributed by atoms with Crippen molar-refractivity contribution in [2.45, 2.75) is 19.4 Å². The second-order valence-electron chi connectivity index (χ2n) is 6.36. The highest BCUT2D eigenvalue weighted by Gasteiger charge is 2.29. The van der Waals surface area contributed by atoms with Crippen LogP contribution in [-0.4, -0.2) is 17.4 Å². The van der Waals surface area contributed by atoms with E-state index in [1.165, 1.54) is 24.2 Å². The van der Waals surface area contributed by atoms with Gasteiger partial charge in [-0.15, -0.1) is 11.3 Å². The fourth-order valence-corrected chi connectivity index (χ4v) is 4.41. The normalized spacial score (nSPS) is 14.0. The summed E-state index contributed by atoms with van der Waals surface area (Å²) in [5, 5.41) is 1.56. The minimum Gasteiger partial charge on any atom is -0.333 e. The van der Waals surface area contributed by atoms with Gasteiger partial charge in [-0.05, 0) is 30.4 Å². The molecule has 0 bridgehead atoms. The van der Waals surface area contributed by atoms with Gasteiger partial charge >= 0.3 is 0 Å². The second-order valence-corrected chi connectivity index (χ2v) is 7.79. The van der Waals surface area contributed by atoms with E-state index < -0.39 is 0 Å². The summed E-state index contributed by atoms with van der Waals surface area (Å²) in [4.78, 5) is 15.8. The number of fused-ring (bicyclic) bond motifs is 1. The molecular formula is C20H18ClNOS. The molecule has 1 amide bonds. The van der Waals surface area contributed by atoms with Crippen LogP contribution < -0.4 is 0 Å². The lowest BCUT2D eigenvalue weighted by molar-refractivity contribution is 0.0740. The Kier molecular flexibility index (Phi) is 4.30. The van der Waals surface area contributed by atoms with Crippen LogP contribution in [0.25, 0.3) is 10.1 Å². The van der Waals surface area contributed by atoms with Crippen LogP contribution >= 0.6 is 22.9 Å². The molecule has 1 aliphatic carbocycles. The number of hydrogen-bond acceptors (Lipinski definition) is 2. The Labute approximate surface area is 150 Å². The average molecular weight is 356 g/mol. The standard InChI is InChI=1S/C20H18ClNOS/c21-18-16-8-4-5-9-17(16)24-19(18)20(23)22(13-15-10-11-15)12-14-6-2-1-3-7-14/h1-9,15H,10-13H2. The molecule has 1 aromatic heterocycles. The van der Waals surface area contributed by atoms with Gasteiger partial charge in [-0.2, -0.15) is 0 Å². The Hall–Kier alpha value is -1.84. The van der Waals surface area contributed by atoms with E-state index in [1.54, 1.807) is 0 Å².